The third-order valence-electron chi connectivity index (χ3n) is 5.53. The van der Waals surface area contributed by atoms with Gasteiger partial charge in [0.1, 0.15) is 6.33 Å². The SMILES string of the molecule is COCC(c1cccc(C(F)(F)F)c1)N1CCN(C(=O)Nc2nc3c(OC)ncnc3s2)CC1. The van der Waals surface area contributed by atoms with Crippen molar-refractivity contribution in [2.75, 3.05) is 52.3 Å². The van der Waals surface area contributed by atoms with E-state index in [1.807, 2.05) is 4.90 Å². The first-order valence-corrected chi connectivity index (χ1v) is 11.2. The predicted octanol–water partition coefficient (Wildman–Crippen LogP) is 3.65. The molecule has 1 aromatic carbocycles. The second kappa shape index (κ2) is 10.1. The van der Waals surface area contributed by atoms with Crippen LogP contribution in [0.2, 0.25) is 0 Å². The molecule has 4 rings (SSSR count). The molecule has 0 spiro atoms. The zero-order valence-electron chi connectivity index (χ0n) is 18.5. The topological polar surface area (TPSA) is 92.7 Å². The molecule has 182 valence electrons. The monoisotopic (exact) mass is 496 g/mol. The van der Waals surface area contributed by atoms with Crippen molar-refractivity contribution >= 4 is 32.8 Å². The largest absolute Gasteiger partial charge is 0.479 e. The molecule has 1 aliphatic rings. The van der Waals surface area contributed by atoms with Crippen molar-refractivity contribution in [2.24, 2.45) is 0 Å². The number of nitrogens with zero attached hydrogens (tertiary/aromatic N) is 5. The smallest absolute Gasteiger partial charge is 0.416 e. The molecular formula is C21H23F3N6O3S. The number of hydrogen-bond donors (Lipinski definition) is 1. The van der Waals surface area contributed by atoms with Crippen LogP contribution in [0.25, 0.3) is 10.3 Å². The molecule has 13 heteroatoms. The third-order valence-corrected chi connectivity index (χ3v) is 6.41. The Hall–Kier alpha value is -3.03. The Labute approximate surface area is 197 Å². The summed E-state index contributed by atoms with van der Waals surface area (Å²) < 4.78 is 50.0. The van der Waals surface area contributed by atoms with E-state index in [1.165, 1.54) is 38.0 Å². The highest BCUT2D eigenvalue weighted by Gasteiger charge is 2.33. The predicted molar refractivity (Wildman–Crippen MR) is 120 cm³/mol. The average molecular weight is 497 g/mol. The van der Waals surface area contributed by atoms with Crippen LogP contribution in [0, 0.1) is 0 Å². The van der Waals surface area contributed by atoms with Crippen LogP contribution in [0.5, 0.6) is 5.88 Å². The zero-order chi connectivity index (χ0) is 24.3. The van der Waals surface area contributed by atoms with Gasteiger partial charge in [0.15, 0.2) is 15.5 Å². The Morgan fingerprint density at radius 2 is 1.97 bits per heavy atom. The number of fused-ring (bicyclic) bond motifs is 1. The van der Waals surface area contributed by atoms with E-state index in [1.54, 1.807) is 11.0 Å². The van der Waals surface area contributed by atoms with Crippen molar-refractivity contribution in [1.82, 2.24) is 24.8 Å². The summed E-state index contributed by atoms with van der Waals surface area (Å²) in [6.07, 6.45) is -3.05. The Morgan fingerprint density at radius 1 is 1.21 bits per heavy atom. The minimum atomic E-state index is -4.42. The number of carbonyl (C=O) groups is 1. The highest BCUT2D eigenvalue weighted by Crippen LogP contribution is 2.33. The van der Waals surface area contributed by atoms with Crippen molar-refractivity contribution < 1.29 is 27.4 Å². The number of benzene rings is 1. The van der Waals surface area contributed by atoms with Gasteiger partial charge in [-0.25, -0.2) is 14.8 Å². The molecule has 1 atom stereocenters. The standard InChI is InChI=1S/C21H23F3N6O3S/c1-32-11-15(13-4-3-5-14(10-13)21(22,23)24)29-6-8-30(9-7-29)20(31)28-19-27-16-17(33-2)25-12-26-18(16)34-19/h3-5,10,12,15H,6-9,11H2,1-2H3,(H,27,28,31). The molecule has 1 fully saturated rings. The number of rotatable bonds is 6. The van der Waals surface area contributed by atoms with Crippen molar-refractivity contribution in [3.8, 4) is 5.88 Å². The van der Waals surface area contributed by atoms with Gasteiger partial charge in [-0.3, -0.25) is 10.2 Å². The first-order chi connectivity index (χ1) is 16.3. The van der Waals surface area contributed by atoms with E-state index >= 15 is 0 Å². The number of halogens is 3. The lowest BCUT2D eigenvalue weighted by Gasteiger charge is -2.39. The van der Waals surface area contributed by atoms with Crippen molar-refractivity contribution in [1.29, 1.82) is 0 Å². The van der Waals surface area contributed by atoms with Gasteiger partial charge in [0.25, 0.3) is 0 Å². The molecule has 1 unspecified atom stereocenters. The number of ether oxygens (including phenoxy) is 2. The molecule has 0 radical (unpaired) electrons. The molecule has 2 amide bonds. The zero-order valence-corrected chi connectivity index (χ0v) is 19.3. The third kappa shape index (κ3) is 5.21. The van der Waals surface area contributed by atoms with Crippen LogP contribution >= 0.6 is 11.3 Å². The van der Waals surface area contributed by atoms with Crippen LogP contribution in [0.1, 0.15) is 17.2 Å². The summed E-state index contributed by atoms with van der Waals surface area (Å²) >= 11 is 1.21. The first kappa shape index (κ1) is 24.1. The molecule has 3 heterocycles. The summed E-state index contributed by atoms with van der Waals surface area (Å²) in [7, 11) is 3.00. The molecule has 2 aromatic heterocycles. The van der Waals surface area contributed by atoms with E-state index in [4.69, 9.17) is 9.47 Å². The number of amides is 2. The number of hydrogen-bond acceptors (Lipinski definition) is 8. The van der Waals surface area contributed by atoms with Gasteiger partial charge >= 0.3 is 12.2 Å². The summed E-state index contributed by atoms with van der Waals surface area (Å²) in [4.78, 5) is 29.5. The highest BCUT2D eigenvalue weighted by molar-refractivity contribution is 7.22. The number of carbonyl (C=O) groups excluding carboxylic acids is 1. The molecule has 0 bridgehead atoms. The van der Waals surface area contributed by atoms with E-state index in [9.17, 15) is 18.0 Å². The second-order valence-corrected chi connectivity index (χ2v) is 8.58. The van der Waals surface area contributed by atoms with Gasteiger partial charge in [-0.05, 0) is 17.7 Å². The van der Waals surface area contributed by atoms with Crippen LogP contribution in [0.15, 0.2) is 30.6 Å². The van der Waals surface area contributed by atoms with Gasteiger partial charge in [0, 0.05) is 33.3 Å². The molecule has 1 aliphatic heterocycles. The Balaban J connectivity index is 1.41. The molecule has 0 aliphatic carbocycles. The van der Waals surface area contributed by atoms with E-state index in [2.05, 4.69) is 20.3 Å². The number of urea groups is 1. The number of alkyl halides is 3. The van der Waals surface area contributed by atoms with Crippen molar-refractivity contribution in [3.63, 3.8) is 0 Å². The van der Waals surface area contributed by atoms with Gasteiger partial charge in [0.05, 0.1) is 25.3 Å². The summed E-state index contributed by atoms with van der Waals surface area (Å²) in [5, 5.41) is 3.16. The average Bonchev–Trinajstić information content (AvgIpc) is 3.24. The fraction of sp³-hybridized carbons (Fsp3) is 0.429. The fourth-order valence-corrected chi connectivity index (χ4v) is 4.62. The van der Waals surface area contributed by atoms with Gasteiger partial charge in [-0.1, -0.05) is 23.5 Å². The quantitative estimate of drug-likeness (QED) is 0.557. The van der Waals surface area contributed by atoms with E-state index < -0.39 is 11.7 Å². The number of nitrogens with one attached hydrogen (secondary N) is 1. The summed E-state index contributed by atoms with van der Waals surface area (Å²) in [5.41, 5.74) is 0.305. The highest BCUT2D eigenvalue weighted by atomic mass is 32.1. The minimum Gasteiger partial charge on any atom is -0.479 e. The van der Waals surface area contributed by atoms with Gasteiger partial charge in [-0.15, -0.1) is 0 Å². The lowest BCUT2D eigenvalue weighted by molar-refractivity contribution is -0.137. The van der Waals surface area contributed by atoms with Crippen molar-refractivity contribution in [2.45, 2.75) is 12.2 Å². The molecular weight excluding hydrogens is 473 g/mol. The molecule has 1 N–H and O–H groups in total. The Bertz CT molecular complexity index is 1150. The Kier molecular flexibility index (Phi) is 7.14. The lowest BCUT2D eigenvalue weighted by atomic mass is 10.0. The van der Waals surface area contributed by atoms with E-state index in [-0.39, 0.29) is 18.7 Å². The van der Waals surface area contributed by atoms with Crippen LogP contribution < -0.4 is 10.1 Å². The van der Waals surface area contributed by atoms with Gasteiger partial charge in [-0.2, -0.15) is 18.2 Å². The normalized spacial score (nSPS) is 16.0. The molecule has 3 aromatic rings. The number of anilines is 1. The van der Waals surface area contributed by atoms with Gasteiger partial charge < -0.3 is 14.4 Å². The van der Waals surface area contributed by atoms with Gasteiger partial charge in [0.2, 0.25) is 5.88 Å². The summed E-state index contributed by atoms with van der Waals surface area (Å²) in [6, 6.07) is 4.62. The maximum atomic E-state index is 13.2. The number of piperazine rings is 1. The maximum Gasteiger partial charge on any atom is 0.416 e. The molecule has 9 nitrogen and oxygen atoms in total. The maximum absolute atomic E-state index is 13.2. The number of thiazole rings is 1. The molecule has 0 saturated carbocycles. The van der Waals surface area contributed by atoms with Crippen LogP contribution in [0.3, 0.4) is 0 Å². The van der Waals surface area contributed by atoms with Crippen molar-refractivity contribution in [3.05, 3.63) is 41.7 Å². The van der Waals surface area contributed by atoms with Crippen LogP contribution in [0.4, 0.5) is 23.1 Å². The number of methoxy groups -OCH3 is 2. The second-order valence-electron chi connectivity index (χ2n) is 7.60. The summed E-state index contributed by atoms with van der Waals surface area (Å²) in [5.74, 6) is 0.328. The lowest BCUT2D eigenvalue weighted by Crippen LogP contribution is -2.51. The summed E-state index contributed by atoms with van der Waals surface area (Å²) in [6.45, 7) is 2.01. The van der Waals surface area contributed by atoms with Crippen LogP contribution in [-0.4, -0.2) is 77.8 Å². The molecule has 34 heavy (non-hydrogen) atoms. The van der Waals surface area contributed by atoms with E-state index in [0.29, 0.717) is 53.1 Å². The fourth-order valence-electron chi connectivity index (χ4n) is 3.84. The Morgan fingerprint density at radius 3 is 2.65 bits per heavy atom. The van der Waals surface area contributed by atoms with Crippen LogP contribution in [-0.2, 0) is 10.9 Å². The van der Waals surface area contributed by atoms with E-state index in [0.717, 1.165) is 12.1 Å². The first-order valence-electron chi connectivity index (χ1n) is 10.4. The molecule has 1 saturated heterocycles. The minimum absolute atomic E-state index is 0.238. The number of aromatic nitrogens is 3.